The summed E-state index contributed by atoms with van der Waals surface area (Å²) < 4.78 is 44.6. The van der Waals surface area contributed by atoms with Crippen LogP contribution in [0.15, 0.2) is 24.3 Å². The summed E-state index contributed by atoms with van der Waals surface area (Å²) in [6.07, 6.45) is -4.45. The number of nitrogens with two attached hydrogens (primary N) is 1. The molecule has 0 spiro atoms. The maximum Gasteiger partial charge on any atom is 0.422 e. The van der Waals surface area contributed by atoms with Gasteiger partial charge in [-0.2, -0.15) is 13.2 Å². The number of alkyl halides is 3. The van der Waals surface area contributed by atoms with Gasteiger partial charge in [-0.05, 0) is 24.1 Å². The molecule has 4 nitrogen and oxygen atoms in total. The predicted molar refractivity (Wildman–Crippen MR) is 61.7 cm³/mol. The smallest absolute Gasteiger partial charge is 0.422 e. The lowest BCUT2D eigenvalue weighted by atomic mass is 10.1. The Bertz CT molecular complexity index is 417. The second kappa shape index (κ2) is 6.42. The molecule has 0 saturated carbocycles. The first-order valence-electron chi connectivity index (χ1n) is 5.43. The first-order valence-corrected chi connectivity index (χ1v) is 5.43. The van der Waals surface area contributed by atoms with Gasteiger partial charge in [-0.3, -0.25) is 4.79 Å². The molecule has 0 aromatic heterocycles. The van der Waals surface area contributed by atoms with Gasteiger partial charge >= 0.3 is 12.1 Å². The van der Waals surface area contributed by atoms with Crippen molar-refractivity contribution in [2.45, 2.75) is 18.6 Å². The zero-order valence-electron chi connectivity index (χ0n) is 10.2. The van der Waals surface area contributed by atoms with E-state index in [1.807, 2.05) is 0 Å². The monoisotopic (exact) mass is 277 g/mol. The molecule has 0 unspecified atom stereocenters. The van der Waals surface area contributed by atoms with Gasteiger partial charge in [0.1, 0.15) is 11.8 Å². The van der Waals surface area contributed by atoms with Gasteiger partial charge in [0.15, 0.2) is 6.61 Å². The van der Waals surface area contributed by atoms with Gasteiger partial charge in [0.25, 0.3) is 0 Å². The highest BCUT2D eigenvalue weighted by molar-refractivity contribution is 5.75. The maximum absolute atomic E-state index is 11.9. The summed E-state index contributed by atoms with van der Waals surface area (Å²) >= 11 is 0. The van der Waals surface area contributed by atoms with Crippen molar-refractivity contribution in [3.63, 3.8) is 0 Å². The Hall–Kier alpha value is -1.76. The molecule has 19 heavy (non-hydrogen) atoms. The number of carbonyl (C=O) groups is 1. The van der Waals surface area contributed by atoms with Crippen molar-refractivity contribution in [3.05, 3.63) is 29.8 Å². The van der Waals surface area contributed by atoms with Crippen LogP contribution >= 0.6 is 0 Å². The number of carbonyl (C=O) groups excluding carboxylic acids is 1. The first kappa shape index (κ1) is 15.3. The molecule has 2 N–H and O–H groups in total. The number of esters is 1. The van der Waals surface area contributed by atoms with E-state index < -0.39 is 24.8 Å². The van der Waals surface area contributed by atoms with Crippen molar-refractivity contribution in [3.8, 4) is 5.75 Å². The molecule has 0 bridgehead atoms. The largest absolute Gasteiger partial charge is 0.497 e. The van der Waals surface area contributed by atoms with E-state index in [0.717, 1.165) is 0 Å². The molecule has 1 aromatic carbocycles. The molecular formula is C12H14F3NO3. The lowest BCUT2D eigenvalue weighted by Gasteiger charge is -2.13. The van der Waals surface area contributed by atoms with Crippen LogP contribution in [-0.4, -0.2) is 31.9 Å². The van der Waals surface area contributed by atoms with E-state index in [-0.39, 0.29) is 6.42 Å². The lowest BCUT2D eigenvalue weighted by molar-refractivity contribution is -0.187. The lowest BCUT2D eigenvalue weighted by Crippen LogP contribution is -2.36. The van der Waals surface area contributed by atoms with Gasteiger partial charge in [0, 0.05) is 0 Å². The molecule has 1 aromatic rings. The van der Waals surface area contributed by atoms with E-state index in [4.69, 9.17) is 10.5 Å². The quantitative estimate of drug-likeness (QED) is 0.832. The number of rotatable bonds is 5. The van der Waals surface area contributed by atoms with Gasteiger partial charge in [-0.15, -0.1) is 0 Å². The molecule has 0 saturated heterocycles. The van der Waals surface area contributed by atoms with Crippen molar-refractivity contribution < 1.29 is 27.4 Å². The molecule has 0 heterocycles. The van der Waals surface area contributed by atoms with E-state index in [1.54, 1.807) is 24.3 Å². The van der Waals surface area contributed by atoms with Crippen molar-refractivity contribution >= 4 is 5.97 Å². The summed E-state index contributed by atoms with van der Waals surface area (Å²) in [6, 6.07) is 5.56. The average molecular weight is 277 g/mol. The predicted octanol–water partition coefficient (Wildman–Crippen LogP) is 1.67. The normalized spacial score (nSPS) is 12.9. The van der Waals surface area contributed by atoms with Crippen LogP contribution in [0.3, 0.4) is 0 Å². The van der Waals surface area contributed by atoms with E-state index in [2.05, 4.69) is 4.74 Å². The van der Waals surface area contributed by atoms with Crippen molar-refractivity contribution in [1.29, 1.82) is 0 Å². The highest BCUT2D eigenvalue weighted by Crippen LogP contribution is 2.16. The second-order valence-electron chi connectivity index (χ2n) is 3.88. The Morgan fingerprint density at radius 2 is 1.89 bits per heavy atom. The Kier molecular flexibility index (Phi) is 5.17. The Balaban J connectivity index is 2.49. The molecule has 0 radical (unpaired) electrons. The molecule has 1 rings (SSSR count). The standard InChI is InChI=1S/C12H14F3NO3/c1-18-9-4-2-8(3-5-9)6-10(16)11(17)19-7-12(13,14)15/h2-5,10H,6-7,16H2,1H3/t10-/m0/s1. The van der Waals surface area contributed by atoms with Crippen molar-refractivity contribution in [2.75, 3.05) is 13.7 Å². The van der Waals surface area contributed by atoms with E-state index >= 15 is 0 Å². The summed E-state index contributed by atoms with van der Waals surface area (Å²) in [4.78, 5) is 11.2. The fourth-order valence-electron chi connectivity index (χ4n) is 1.36. The molecule has 106 valence electrons. The van der Waals surface area contributed by atoms with Gasteiger partial charge in [-0.1, -0.05) is 12.1 Å². The molecule has 0 aliphatic carbocycles. The van der Waals surface area contributed by atoms with Crippen LogP contribution in [0.1, 0.15) is 5.56 Å². The molecular weight excluding hydrogens is 263 g/mol. The third-order valence-corrected chi connectivity index (χ3v) is 2.30. The Labute approximate surface area is 108 Å². The zero-order chi connectivity index (χ0) is 14.5. The Morgan fingerprint density at radius 3 is 2.37 bits per heavy atom. The number of methoxy groups -OCH3 is 1. The number of hydrogen-bond donors (Lipinski definition) is 1. The SMILES string of the molecule is COc1ccc(C[C@H](N)C(=O)OCC(F)(F)F)cc1. The second-order valence-corrected chi connectivity index (χ2v) is 3.88. The number of hydrogen-bond acceptors (Lipinski definition) is 4. The number of ether oxygens (including phenoxy) is 2. The topological polar surface area (TPSA) is 61.5 Å². The maximum atomic E-state index is 11.9. The highest BCUT2D eigenvalue weighted by atomic mass is 19.4. The average Bonchev–Trinajstić information content (AvgIpc) is 2.36. The first-order chi connectivity index (χ1) is 8.81. The van der Waals surface area contributed by atoms with Gasteiger partial charge in [0.2, 0.25) is 0 Å². The van der Waals surface area contributed by atoms with Crippen LogP contribution in [0.4, 0.5) is 13.2 Å². The van der Waals surface area contributed by atoms with Gasteiger partial charge in [0.05, 0.1) is 7.11 Å². The summed E-state index contributed by atoms with van der Waals surface area (Å²) in [6.45, 7) is -1.62. The van der Waals surface area contributed by atoms with Crippen LogP contribution in [-0.2, 0) is 16.0 Å². The molecule has 0 amide bonds. The third-order valence-electron chi connectivity index (χ3n) is 2.30. The minimum atomic E-state index is -4.55. The van der Waals surface area contributed by atoms with Gasteiger partial charge < -0.3 is 15.2 Å². The minimum absolute atomic E-state index is 0.0979. The minimum Gasteiger partial charge on any atom is -0.497 e. The van der Waals surface area contributed by atoms with Crippen LogP contribution in [0.5, 0.6) is 5.75 Å². The van der Waals surface area contributed by atoms with E-state index in [0.29, 0.717) is 11.3 Å². The summed E-state index contributed by atoms with van der Waals surface area (Å²) in [5.74, 6) is -0.440. The Morgan fingerprint density at radius 1 is 1.32 bits per heavy atom. The summed E-state index contributed by atoms with van der Waals surface area (Å²) in [5.41, 5.74) is 6.18. The van der Waals surface area contributed by atoms with Crippen LogP contribution in [0, 0.1) is 0 Å². The summed E-state index contributed by atoms with van der Waals surface area (Å²) in [7, 11) is 1.51. The highest BCUT2D eigenvalue weighted by Gasteiger charge is 2.30. The molecule has 0 aliphatic heterocycles. The molecule has 0 fully saturated rings. The van der Waals surface area contributed by atoms with Crippen molar-refractivity contribution in [2.24, 2.45) is 5.73 Å². The molecule has 7 heteroatoms. The number of halogens is 3. The van der Waals surface area contributed by atoms with Crippen LogP contribution < -0.4 is 10.5 Å². The van der Waals surface area contributed by atoms with Gasteiger partial charge in [-0.25, -0.2) is 0 Å². The molecule has 0 aliphatic rings. The van der Waals surface area contributed by atoms with Crippen LogP contribution in [0.2, 0.25) is 0 Å². The van der Waals surface area contributed by atoms with E-state index in [9.17, 15) is 18.0 Å². The molecule has 1 atom stereocenters. The van der Waals surface area contributed by atoms with Crippen LogP contribution in [0.25, 0.3) is 0 Å². The summed E-state index contributed by atoms with van der Waals surface area (Å²) in [5, 5.41) is 0. The zero-order valence-corrected chi connectivity index (χ0v) is 10.2. The van der Waals surface area contributed by atoms with E-state index in [1.165, 1.54) is 7.11 Å². The fourth-order valence-corrected chi connectivity index (χ4v) is 1.36. The third kappa shape index (κ3) is 5.60. The number of benzene rings is 1. The fraction of sp³-hybridized carbons (Fsp3) is 0.417. The van der Waals surface area contributed by atoms with Crippen molar-refractivity contribution in [1.82, 2.24) is 0 Å².